The molecular formula is C11H19N3OS. The first-order chi connectivity index (χ1) is 7.81. The molecule has 5 heteroatoms. The summed E-state index contributed by atoms with van der Waals surface area (Å²) in [4.78, 5) is 6.87. The lowest BCUT2D eigenvalue weighted by atomic mass is 10.00. The summed E-state index contributed by atoms with van der Waals surface area (Å²) in [6.07, 6.45) is 3.75. The van der Waals surface area contributed by atoms with Crippen molar-refractivity contribution in [1.29, 1.82) is 0 Å². The van der Waals surface area contributed by atoms with Gasteiger partial charge in [0.15, 0.2) is 5.13 Å². The SMILES string of the molecule is COCCN1CCCC[C@H]1c1csc(N)n1. The summed E-state index contributed by atoms with van der Waals surface area (Å²) in [5.74, 6) is 0. The predicted molar refractivity (Wildman–Crippen MR) is 66.6 cm³/mol. The van der Waals surface area contributed by atoms with Crippen LogP contribution in [-0.2, 0) is 4.74 Å². The zero-order valence-corrected chi connectivity index (χ0v) is 10.5. The molecule has 0 aliphatic carbocycles. The van der Waals surface area contributed by atoms with Gasteiger partial charge in [-0.1, -0.05) is 6.42 Å². The second kappa shape index (κ2) is 5.61. The minimum absolute atomic E-state index is 0.442. The van der Waals surface area contributed by atoms with Crippen LogP contribution < -0.4 is 5.73 Å². The summed E-state index contributed by atoms with van der Waals surface area (Å²) < 4.78 is 5.15. The Balaban J connectivity index is 2.04. The third-order valence-electron chi connectivity index (χ3n) is 3.08. The van der Waals surface area contributed by atoms with Crippen LogP contribution in [0.15, 0.2) is 5.38 Å². The van der Waals surface area contributed by atoms with Gasteiger partial charge in [-0.2, -0.15) is 0 Å². The molecule has 2 rings (SSSR count). The van der Waals surface area contributed by atoms with E-state index in [0.717, 1.165) is 25.4 Å². The predicted octanol–water partition coefficient (Wildman–Crippen LogP) is 1.90. The molecule has 1 aliphatic heterocycles. The Bertz CT molecular complexity index is 329. The van der Waals surface area contributed by atoms with Crippen molar-refractivity contribution in [3.8, 4) is 0 Å². The highest BCUT2D eigenvalue weighted by Gasteiger charge is 2.25. The number of methoxy groups -OCH3 is 1. The van der Waals surface area contributed by atoms with E-state index in [9.17, 15) is 0 Å². The fraction of sp³-hybridized carbons (Fsp3) is 0.727. The molecule has 1 aromatic rings. The monoisotopic (exact) mass is 241 g/mol. The van der Waals surface area contributed by atoms with Crippen LogP contribution in [0.1, 0.15) is 31.0 Å². The Hall–Kier alpha value is -0.650. The van der Waals surface area contributed by atoms with E-state index >= 15 is 0 Å². The van der Waals surface area contributed by atoms with Crippen LogP contribution in [0.2, 0.25) is 0 Å². The molecule has 2 N–H and O–H groups in total. The van der Waals surface area contributed by atoms with Crippen molar-refractivity contribution < 1.29 is 4.74 Å². The van der Waals surface area contributed by atoms with E-state index < -0.39 is 0 Å². The van der Waals surface area contributed by atoms with Crippen molar-refractivity contribution in [3.05, 3.63) is 11.1 Å². The van der Waals surface area contributed by atoms with Crippen molar-refractivity contribution in [2.24, 2.45) is 0 Å². The first-order valence-electron chi connectivity index (χ1n) is 5.75. The van der Waals surface area contributed by atoms with Crippen molar-refractivity contribution in [3.63, 3.8) is 0 Å². The molecule has 4 nitrogen and oxygen atoms in total. The van der Waals surface area contributed by atoms with Crippen LogP contribution in [0.5, 0.6) is 0 Å². The van der Waals surface area contributed by atoms with Gasteiger partial charge in [0.05, 0.1) is 18.3 Å². The number of hydrogen-bond acceptors (Lipinski definition) is 5. The number of ether oxygens (including phenoxy) is 1. The van der Waals surface area contributed by atoms with Gasteiger partial charge >= 0.3 is 0 Å². The Morgan fingerprint density at radius 1 is 1.62 bits per heavy atom. The van der Waals surface area contributed by atoms with E-state index in [1.54, 1.807) is 7.11 Å². The van der Waals surface area contributed by atoms with E-state index in [2.05, 4.69) is 15.3 Å². The van der Waals surface area contributed by atoms with Crippen molar-refractivity contribution in [2.45, 2.75) is 25.3 Å². The molecule has 0 spiro atoms. The van der Waals surface area contributed by atoms with Gasteiger partial charge in [0.1, 0.15) is 0 Å². The number of aromatic nitrogens is 1. The Morgan fingerprint density at radius 2 is 2.50 bits per heavy atom. The lowest BCUT2D eigenvalue weighted by Crippen LogP contribution is -2.35. The summed E-state index contributed by atoms with van der Waals surface area (Å²) in [6, 6.07) is 0.442. The van der Waals surface area contributed by atoms with Gasteiger partial charge in [0, 0.05) is 19.0 Å². The molecule has 1 atom stereocenters. The molecule has 90 valence electrons. The highest BCUT2D eigenvalue weighted by atomic mass is 32.1. The third kappa shape index (κ3) is 2.72. The quantitative estimate of drug-likeness (QED) is 0.874. The van der Waals surface area contributed by atoms with Crippen LogP contribution in [0.4, 0.5) is 5.13 Å². The van der Waals surface area contributed by atoms with Gasteiger partial charge in [-0.25, -0.2) is 4.98 Å². The van der Waals surface area contributed by atoms with E-state index in [1.807, 2.05) is 0 Å². The number of hydrogen-bond donors (Lipinski definition) is 1. The maximum absolute atomic E-state index is 5.70. The zero-order valence-electron chi connectivity index (χ0n) is 9.69. The summed E-state index contributed by atoms with van der Waals surface area (Å²) in [5, 5.41) is 2.76. The van der Waals surface area contributed by atoms with Gasteiger partial charge in [-0.05, 0) is 19.4 Å². The number of likely N-dealkylation sites (tertiary alicyclic amines) is 1. The first kappa shape index (κ1) is 11.8. The standard InChI is InChI=1S/C11H19N3OS/c1-15-7-6-14-5-3-2-4-10(14)9-8-16-11(12)13-9/h8,10H,2-7H2,1H3,(H2,12,13)/t10-/m0/s1. The molecular weight excluding hydrogens is 222 g/mol. The number of piperidine rings is 1. The smallest absolute Gasteiger partial charge is 0.180 e. The molecule has 1 fully saturated rings. The van der Waals surface area contributed by atoms with Crippen molar-refractivity contribution in [2.75, 3.05) is 32.5 Å². The van der Waals surface area contributed by atoms with Crippen LogP contribution >= 0.6 is 11.3 Å². The molecule has 1 saturated heterocycles. The highest BCUT2D eigenvalue weighted by molar-refractivity contribution is 7.13. The van der Waals surface area contributed by atoms with Gasteiger partial charge < -0.3 is 10.5 Å². The van der Waals surface area contributed by atoms with Crippen LogP contribution in [-0.4, -0.2) is 36.7 Å². The fourth-order valence-corrected chi connectivity index (χ4v) is 2.87. The topological polar surface area (TPSA) is 51.4 Å². The number of rotatable bonds is 4. The van der Waals surface area contributed by atoms with Gasteiger partial charge in [0.2, 0.25) is 0 Å². The third-order valence-corrected chi connectivity index (χ3v) is 3.77. The summed E-state index contributed by atoms with van der Waals surface area (Å²) >= 11 is 1.53. The molecule has 0 saturated carbocycles. The molecule has 0 radical (unpaired) electrons. The minimum Gasteiger partial charge on any atom is -0.383 e. The van der Waals surface area contributed by atoms with E-state index in [-0.39, 0.29) is 0 Å². The van der Waals surface area contributed by atoms with Gasteiger partial charge in [0.25, 0.3) is 0 Å². The number of nitrogens with two attached hydrogens (primary N) is 1. The molecule has 0 bridgehead atoms. The second-order valence-corrected chi connectivity index (χ2v) is 5.04. The van der Waals surface area contributed by atoms with E-state index in [1.165, 1.54) is 30.6 Å². The molecule has 0 unspecified atom stereocenters. The lowest BCUT2D eigenvalue weighted by Gasteiger charge is -2.34. The summed E-state index contributed by atoms with van der Waals surface area (Å²) in [7, 11) is 1.75. The zero-order chi connectivity index (χ0) is 11.4. The van der Waals surface area contributed by atoms with Crippen LogP contribution in [0.3, 0.4) is 0 Å². The molecule has 2 heterocycles. The normalized spacial score (nSPS) is 22.4. The van der Waals surface area contributed by atoms with Crippen LogP contribution in [0.25, 0.3) is 0 Å². The maximum Gasteiger partial charge on any atom is 0.180 e. The minimum atomic E-state index is 0.442. The summed E-state index contributed by atoms with van der Waals surface area (Å²) in [5.41, 5.74) is 6.83. The Labute approximate surface area is 100 Å². The van der Waals surface area contributed by atoms with Gasteiger partial charge in [-0.15, -0.1) is 11.3 Å². The lowest BCUT2D eigenvalue weighted by molar-refractivity contribution is 0.0946. The average molecular weight is 241 g/mol. The largest absolute Gasteiger partial charge is 0.383 e. The molecule has 0 aromatic carbocycles. The van der Waals surface area contributed by atoms with E-state index in [0.29, 0.717) is 11.2 Å². The molecule has 0 amide bonds. The first-order valence-corrected chi connectivity index (χ1v) is 6.63. The fourth-order valence-electron chi connectivity index (χ4n) is 2.26. The average Bonchev–Trinajstić information content (AvgIpc) is 2.73. The highest BCUT2D eigenvalue weighted by Crippen LogP contribution is 2.31. The molecule has 1 aliphatic rings. The maximum atomic E-state index is 5.70. The van der Waals surface area contributed by atoms with Crippen molar-refractivity contribution >= 4 is 16.5 Å². The second-order valence-electron chi connectivity index (χ2n) is 4.15. The Kier molecular flexibility index (Phi) is 4.15. The van der Waals surface area contributed by atoms with Gasteiger partial charge in [-0.3, -0.25) is 4.90 Å². The molecule has 16 heavy (non-hydrogen) atoms. The van der Waals surface area contributed by atoms with E-state index in [4.69, 9.17) is 10.5 Å². The summed E-state index contributed by atoms with van der Waals surface area (Å²) in [6.45, 7) is 2.92. The number of anilines is 1. The van der Waals surface area contributed by atoms with Crippen molar-refractivity contribution in [1.82, 2.24) is 9.88 Å². The number of nitrogens with zero attached hydrogens (tertiary/aromatic N) is 2. The number of thiazole rings is 1. The number of nitrogen functional groups attached to an aromatic ring is 1. The molecule has 1 aromatic heterocycles. The Morgan fingerprint density at radius 3 is 3.19 bits per heavy atom. The van der Waals surface area contributed by atoms with Crippen LogP contribution in [0, 0.1) is 0 Å².